The summed E-state index contributed by atoms with van der Waals surface area (Å²) < 4.78 is 28.2. The van der Waals surface area contributed by atoms with E-state index in [4.69, 9.17) is 23.7 Å². The second-order valence-corrected chi connectivity index (χ2v) is 6.97. The molecule has 2 saturated heterocycles. The Balaban J connectivity index is 2.34. The lowest BCUT2D eigenvalue weighted by Gasteiger charge is -2.57. The molecule has 2 bridgehead atoms. The molecule has 0 N–H and O–H groups in total. The van der Waals surface area contributed by atoms with Gasteiger partial charge in [-0.2, -0.15) is 0 Å². The van der Waals surface area contributed by atoms with Gasteiger partial charge in [-0.25, -0.2) is 0 Å². The van der Waals surface area contributed by atoms with Gasteiger partial charge in [0, 0.05) is 33.7 Å². The highest BCUT2D eigenvalue weighted by Gasteiger charge is 2.68. The van der Waals surface area contributed by atoms with Gasteiger partial charge in [0.25, 0.3) is 0 Å². The Hall–Kier alpha value is -1.71. The third kappa shape index (κ3) is 4.33. The zero-order valence-electron chi connectivity index (χ0n) is 15.9. The molecule has 2 unspecified atom stereocenters. The van der Waals surface area contributed by atoms with Crippen LogP contribution in [0.5, 0.6) is 0 Å². The monoisotopic (exact) mass is 373 g/mol. The van der Waals surface area contributed by atoms with Crippen LogP contribution < -0.4 is 0 Å². The molecule has 0 aromatic heterocycles. The number of fused-ring (bicyclic) bond motifs is 3. The minimum Gasteiger partial charge on any atom is -0.454 e. The first-order valence-electron chi connectivity index (χ1n) is 8.57. The molecular weight excluding hydrogens is 346 g/mol. The first kappa shape index (κ1) is 20.6. The maximum atomic E-state index is 11.7. The van der Waals surface area contributed by atoms with Crippen LogP contribution in [-0.4, -0.2) is 80.3 Å². The lowest BCUT2D eigenvalue weighted by Crippen LogP contribution is -2.74. The van der Waals surface area contributed by atoms with Crippen LogP contribution in [0.1, 0.15) is 33.6 Å². The van der Waals surface area contributed by atoms with E-state index < -0.39 is 41.5 Å². The van der Waals surface area contributed by atoms with E-state index in [1.165, 1.54) is 20.8 Å². The maximum absolute atomic E-state index is 11.7. The minimum atomic E-state index is -1.25. The van der Waals surface area contributed by atoms with E-state index in [0.717, 1.165) is 0 Å². The first-order valence-corrected chi connectivity index (χ1v) is 8.57. The van der Waals surface area contributed by atoms with Crippen LogP contribution in [0.3, 0.4) is 0 Å². The van der Waals surface area contributed by atoms with Gasteiger partial charge in [0.2, 0.25) is 5.79 Å². The lowest BCUT2D eigenvalue weighted by atomic mass is 9.73. The predicted octanol–water partition coefficient (Wildman–Crippen LogP) is 0.250. The Bertz CT molecular complexity index is 553. The van der Waals surface area contributed by atoms with Crippen molar-refractivity contribution in [1.29, 1.82) is 0 Å². The summed E-state index contributed by atoms with van der Waals surface area (Å²) in [7, 11) is 3.81. The normalized spacial score (nSPS) is 33.0. The Morgan fingerprint density at radius 1 is 1.00 bits per heavy atom. The molecule has 2 aliphatic heterocycles. The van der Waals surface area contributed by atoms with Crippen molar-refractivity contribution in [2.24, 2.45) is 0 Å². The van der Waals surface area contributed by atoms with Gasteiger partial charge in [0.05, 0.1) is 13.2 Å². The van der Waals surface area contributed by atoms with Crippen molar-refractivity contribution in [2.45, 2.75) is 57.2 Å². The third-order valence-electron chi connectivity index (χ3n) is 4.50. The topological polar surface area (TPSA) is 101 Å². The minimum absolute atomic E-state index is 0.00967. The summed E-state index contributed by atoms with van der Waals surface area (Å²) in [6.45, 7) is 4.71. The quantitative estimate of drug-likeness (QED) is 0.459. The Morgan fingerprint density at radius 2 is 1.62 bits per heavy atom. The number of hydrogen-bond donors (Lipinski definition) is 0. The average molecular weight is 373 g/mol. The summed E-state index contributed by atoms with van der Waals surface area (Å²) >= 11 is 0. The zero-order chi connectivity index (χ0) is 19.5. The first-order chi connectivity index (χ1) is 12.1. The SMILES string of the molecule is CC(=O)OC1[C@H](OC(C)=O)[C@]2(OCCN(C)C)CCC1(OC(C)=O)CO2. The second-order valence-electron chi connectivity index (χ2n) is 6.97. The number of likely N-dealkylation sites (N-methyl/N-ethyl adjacent to an activating group) is 1. The van der Waals surface area contributed by atoms with Crippen LogP contribution in [0.4, 0.5) is 0 Å². The van der Waals surface area contributed by atoms with Crippen molar-refractivity contribution in [3.63, 3.8) is 0 Å². The highest BCUT2D eigenvalue weighted by molar-refractivity contribution is 5.69. The van der Waals surface area contributed by atoms with Crippen molar-refractivity contribution in [2.75, 3.05) is 33.9 Å². The molecule has 3 aliphatic rings. The number of hydrogen-bond acceptors (Lipinski definition) is 9. The summed E-state index contributed by atoms with van der Waals surface area (Å²) in [4.78, 5) is 36.9. The fraction of sp³-hybridized carbons (Fsp3) is 0.824. The average Bonchev–Trinajstić information content (AvgIpc) is 2.50. The number of rotatable bonds is 7. The van der Waals surface area contributed by atoms with E-state index in [1.807, 2.05) is 19.0 Å². The number of ether oxygens (including phenoxy) is 5. The van der Waals surface area contributed by atoms with Crippen LogP contribution in [-0.2, 0) is 38.1 Å². The van der Waals surface area contributed by atoms with Gasteiger partial charge >= 0.3 is 17.9 Å². The Morgan fingerprint density at radius 3 is 2.08 bits per heavy atom. The van der Waals surface area contributed by atoms with Crippen molar-refractivity contribution in [1.82, 2.24) is 4.90 Å². The fourth-order valence-corrected chi connectivity index (χ4v) is 3.43. The number of carbonyl (C=O) groups excluding carboxylic acids is 3. The largest absolute Gasteiger partial charge is 0.454 e. The number of esters is 3. The van der Waals surface area contributed by atoms with Crippen molar-refractivity contribution in [3.8, 4) is 0 Å². The summed E-state index contributed by atoms with van der Waals surface area (Å²) in [6, 6.07) is 0. The standard InChI is InChI=1S/C17H27NO8/c1-11(19)24-14-15(25-12(2)20)17(22-9-8-18(4)5)7-6-16(14,10-23-17)26-13(3)21/h14-15H,6-10H2,1-5H3/t14?,15-,16?,17-/m0/s1. The molecular formula is C17H27NO8. The number of carbonyl (C=O) groups is 3. The van der Waals surface area contributed by atoms with Crippen LogP contribution in [0, 0.1) is 0 Å². The van der Waals surface area contributed by atoms with E-state index in [-0.39, 0.29) is 6.61 Å². The molecule has 0 aromatic carbocycles. The molecule has 3 rings (SSSR count). The predicted molar refractivity (Wildman–Crippen MR) is 88.0 cm³/mol. The van der Waals surface area contributed by atoms with Gasteiger partial charge in [0.1, 0.15) is 0 Å². The summed E-state index contributed by atoms with van der Waals surface area (Å²) in [6.07, 6.45) is -1.34. The molecule has 0 aromatic rings. The van der Waals surface area contributed by atoms with Gasteiger partial charge in [-0.1, -0.05) is 0 Å². The maximum Gasteiger partial charge on any atom is 0.303 e. The van der Waals surface area contributed by atoms with E-state index in [2.05, 4.69) is 0 Å². The molecule has 1 saturated carbocycles. The molecule has 2 heterocycles. The molecule has 148 valence electrons. The van der Waals surface area contributed by atoms with Gasteiger partial charge in [-0.05, 0) is 20.5 Å². The summed E-state index contributed by atoms with van der Waals surface area (Å²) in [5.74, 6) is -2.93. The molecule has 3 fully saturated rings. The molecule has 26 heavy (non-hydrogen) atoms. The molecule has 0 radical (unpaired) electrons. The highest BCUT2D eigenvalue weighted by atomic mass is 16.7. The molecule has 0 spiro atoms. The van der Waals surface area contributed by atoms with Gasteiger partial charge < -0.3 is 28.6 Å². The highest BCUT2D eigenvalue weighted by Crippen LogP contribution is 2.49. The van der Waals surface area contributed by atoms with Crippen molar-refractivity contribution in [3.05, 3.63) is 0 Å². The van der Waals surface area contributed by atoms with E-state index in [1.54, 1.807) is 0 Å². The Kier molecular flexibility index (Phi) is 6.25. The molecule has 4 atom stereocenters. The van der Waals surface area contributed by atoms with Gasteiger partial charge in [-0.15, -0.1) is 0 Å². The van der Waals surface area contributed by atoms with Gasteiger partial charge in [0.15, 0.2) is 17.8 Å². The third-order valence-corrected chi connectivity index (χ3v) is 4.50. The smallest absolute Gasteiger partial charge is 0.303 e. The van der Waals surface area contributed by atoms with E-state index in [9.17, 15) is 14.4 Å². The molecule has 9 heteroatoms. The summed E-state index contributed by atoms with van der Waals surface area (Å²) in [5.41, 5.74) is -1.20. The molecule has 1 aliphatic carbocycles. The Labute approximate surface area is 152 Å². The number of nitrogens with zero attached hydrogens (tertiary/aromatic N) is 1. The van der Waals surface area contributed by atoms with Crippen LogP contribution in [0.25, 0.3) is 0 Å². The molecule has 0 amide bonds. The lowest BCUT2D eigenvalue weighted by molar-refractivity contribution is -0.390. The molecule has 9 nitrogen and oxygen atoms in total. The summed E-state index contributed by atoms with van der Waals surface area (Å²) in [5, 5.41) is 0. The second kappa shape index (κ2) is 7.89. The van der Waals surface area contributed by atoms with E-state index in [0.29, 0.717) is 26.0 Å². The fourth-order valence-electron chi connectivity index (χ4n) is 3.43. The van der Waals surface area contributed by atoms with Crippen LogP contribution >= 0.6 is 0 Å². The van der Waals surface area contributed by atoms with Crippen LogP contribution in [0.2, 0.25) is 0 Å². The van der Waals surface area contributed by atoms with Crippen molar-refractivity contribution < 1.29 is 38.1 Å². The van der Waals surface area contributed by atoms with Crippen molar-refractivity contribution >= 4 is 17.9 Å². The zero-order valence-corrected chi connectivity index (χ0v) is 15.9. The van der Waals surface area contributed by atoms with Crippen LogP contribution in [0.15, 0.2) is 0 Å². The van der Waals surface area contributed by atoms with Gasteiger partial charge in [-0.3, -0.25) is 14.4 Å². The van der Waals surface area contributed by atoms with E-state index >= 15 is 0 Å².